The van der Waals surface area contributed by atoms with Gasteiger partial charge in [0.15, 0.2) is 5.11 Å². The molecule has 0 fully saturated rings. The van der Waals surface area contributed by atoms with Crippen LogP contribution in [0.15, 0.2) is 24.3 Å². The lowest BCUT2D eigenvalue weighted by molar-refractivity contribution is 0.0527. The van der Waals surface area contributed by atoms with Crippen LogP contribution in [-0.4, -0.2) is 29.7 Å². The Bertz CT molecular complexity index is 937. The number of aryl methyl sites for hydroxylation is 1. The van der Waals surface area contributed by atoms with Gasteiger partial charge in [-0.2, -0.15) is 0 Å². The fourth-order valence-electron chi connectivity index (χ4n) is 3.20. The number of nitrogens with one attached hydrogen (secondary N) is 2. The first kappa shape index (κ1) is 21.3. The Labute approximate surface area is 179 Å². The number of anilines is 1. The van der Waals surface area contributed by atoms with Crippen molar-refractivity contribution in [1.82, 2.24) is 5.32 Å². The maximum absolute atomic E-state index is 12.6. The third kappa shape index (κ3) is 5.13. The Morgan fingerprint density at radius 1 is 1.28 bits per heavy atom. The highest BCUT2D eigenvalue weighted by Crippen LogP contribution is 2.39. The molecule has 0 bridgehead atoms. The Balaban J connectivity index is 1.71. The Morgan fingerprint density at radius 2 is 2.07 bits per heavy atom. The van der Waals surface area contributed by atoms with E-state index in [0.717, 1.165) is 24.8 Å². The second-order valence-electron chi connectivity index (χ2n) is 6.88. The summed E-state index contributed by atoms with van der Waals surface area (Å²) in [6.45, 7) is 5.93. The first-order chi connectivity index (χ1) is 13.9. The van der Waals surface area contributed by atoms with Crippen molar-refractivity contribution in [3.8, 4) is 5.75 Å². The molecule has 1 aliphatic carbocycles. The van der Waals surface area contributed by atoms with Crippen LogP contribution in [0.25, 0.3) is 0 Å². The fourth-order valence-corrected chi connectivity index (χ4v) is 4.75. The summed E-state index contributed by atoms with van der Waals surface area (Å²) in [6, 6.07) is 6.91. The molecule has 154 valence electrons. The highest BCUT2D eigenvalue weighted by molar-refractivity contribution is 7.80. The topological polar surface area (TPSA) is 76.7 Å². The number of thiophene rings is 1. The average Bonchev–Trinajstić information content (AvgIpc) is 3.22. The molecule has 0 saturated heterocycles. The summed E-state index contributed by atoms with van der Waals surface area (Å²) in [4.78, 5) is 26.2. The number of esters is 1. The molecular weight excluding hydrogens is 408 g/mol. The van der Waals surface area contributed by atoms with Crippen LogP contribution in [0.5, 0.6) is 5.75 Å². The molecule has 8 heteroatoms. The van der Waals surface area contributed by atoms with E-state index in [1.807, 2.05) is 13.8 Å². The molecular formula is C21H24N2O4S2. The fraction of sp³-hybridized carbons (Fsp3) is 0.381. The average molecular weight is 433 g/mol. The van der Waals surface area contributed by atoms with Crippen LogP contribution in [0.4, 0.5) is 5.00 Å². The lowest BCUT2D eigenvalue weighted by Crippen LogP contribution is -2.34. The number of benzene rings is 1. The summed E-state index contributed by atoms with van der Waals surface area (Å²) in [7, 11) is 0. The SMILES string of the molecule is CCOC(=O)c1c(NC(=S)NC(=O)c2cccc(OC(C)C)c2)sc2c1CCC2. The van der Waals surface area contributed by atoms with Crippen LogP contribution < -0.4 is 15.4 Å². The zero-order chi connectivity index (χ0) is 21.0. The van der Waals surface area contributed by atoms with Gasteiger partial charge >= 0.3 is 5.97 Å². The summed E-state index contributed by atoms with van der Waals surface area (Å²) in [5, 5.41) is 6.44. The lowest BCUT2D eigenvalue weighted by atomic mass is 10.1. The molecule has 1 heterocycles. The molecule has 1 aliphatic rings. The van der Waals surface area contributed by atoms with Crippen LogP contribution in [0.1, 0.15) is 58.3 Å². The van der Waals surface area contributed by atoms with Crippen molar-refractivity contribution in [2.24, 2.45) is 0 Å². The maximum atomic E-state index is 12.6. The summed E-state index contributed by atoms with van der Waals surface area (Å²) < 4.78 is 10.8. The van der Waals surface area contributed by atoms with Gasteiger partial charge in [-0.15, -0.1) is 11.3 Å². The van der Waals surface area contributed by atoms with Crippen molar-refractivity contribution >= 4 is 45.5 Å². The standard InChI is InChI=1S/C21H24N2O4S2/c1-4-26-20(25)17-15-9-6-10-16(15)29-19(17)23-21(28)22-18(24)13-7-5-8-14(11-13)27-12(2)3/h5,7-8,11-12H,4,6,9-10H2,1-3H3,(H2,22,23,24,28). The Morgan fingerprint density at radius 3 is 2.79 bits per heavy atom. The number of rotatable bonds is 6. The molecule has 2 N–H and O–H groups in total. The molecule has 3 rings (SSSR count). The van der Waals surface area contributed by atoms with Gasteiger partial charge in [0.05, 0.1) is 18.3 Å². The van der Waals surface area contributed by atoms with Crippen molar-refractivity contribution in [3.05, 3.63) is 45.8 Å². The van der Waals surface area contributed by atoms with E-state index in [4.69, 9.17) is 21.7 Å². The molecule has 1 aromatic carbocycles. The van der Waals surface area contributed by atoms with Gasteiger partial charge in [-0.25, -0.2) is 4.79 Å². The number of ether oxygens (including phenoxy) is 2. The maximum Gasteiger partial charge on any atom is 0.341 e. The number of hydrogen-bond acceptors (Lipinski definition) is 6. The summed E-state index contributed by atoms with van der Waals surface area (Å²) in [5.74, 6) is -0.0913. The smallest absolute Gasteiger partial charge is 0.341 e. The summed E-state index contributed by atoms with van der Waals surface area (Å²) >= 11 is 6.81. The van der Waals surface area contributed by atoms with Crippen molar-refractivity contribution in [3.63, 3.8) is 0 Å². The Hall–Kier alpha value is -2.45. The van der Waals surface area contributed by atoms with Crippen molar-refractivity contribution < 1.29 is 19.1 Å². The third-order valence-corrected chi connectivity index (χ3v) is 5.73. The molecule has 0 saturated carbocycles. The van der Waals surface area contributed by atoms with Crippen LogP contribution in [-0.2, 0) is 17.6 Å². The van der Waals surface area contributed by atoms with Crippen molar-refractivity contribution in [1.29, 1.82) is 0 Å². The number of amides is 1. The second-order valence-corrected chi connectivity index (χ2v) is 8.40. The highest BCUT2D eigenvalue weighted by Gasteiger charge is 2.28. The van der Waals surface area contributed by atoms with Crippen LogP contribution in [0.3, 0.4) is 0 Å². The zero-order valence-corrected chi connectivity index (χ0v) is 18.3. The number of thiocarbonyl (C=S) groups is 1. The molecule has 0 atom stereocenters. The van der Waals surface area contributed by atoms with Gasteiger partial charge in [-0.05, 0) is 76.0 Å². The highest BCUT2D eigenvalue weighted by atomic mass is 32.1. The van der Waals surface area contributed by atoms with Gasteiger partial charge in [0.1, 0.15) is 10.8 Å². The number of fused-ring (bicyclic) bond motifs is 1. The van der Waals surface area contributed by atoms with Gasteiger partial charge in [-0.1, -0.05) is 6.07 Å². The zero-order valence-electron chi connectivity index (χ0n) is 16.7. The van der Waals surface area contributed by atoms with E-state index < -0.39 is 0 Å². The number of hydrogen-bond donors (Lipinski definition) is 2. The number of carbonyl (C=O) groups excluding carboxylic acids is 2. The molecule has 1 amide bonds. The van der Waals surface area contributed by atoms with E-state index in [9.17, 15) is 9.59 Å². The predicted octanol–water partition coefficient (Wildman–Crippen LogP) is 4.33. The minimum Gasteiger partial charge on any atom is -0.491 e. The van der Waals surface area contributed by atoms with E-state index in [1.165, 1.54) is 16.2 Å². The van der Waals surface area contributed by atoms with Crippen molar-refractivity contribution in [2.45, 2.75) is 46.1 Å². The number of carbonyl (C=O) groups is 2. The van der Waals surface area contributed by atoms with Crippen molar-refractivity contribution in [2.75, 3.05) is 11.9 Å². The van der Waals surface area contributed by atoms with E-state index >= 15 is 0 Å². The summed E-state index contributed by atoms with van der Waals surface area (Å²) in [6.07, 6.45) is 2.83. The first-order valence-electron chi connectivity index (χ1n) is 9.59. The summed E-state index contributed by atoms with van der Waals surface area (Å²) in [5.41, 5.74) is 2.00. The quantitative estimate of drug-likeness (QED) is 0.523. The first-order valence-corrected chi connectivity index (χ1v) is 10.8. The molecule has 0 aliphatic heterocycles. The van der Waals surface area contributed by atoms with Gasteiger partial charge in [0.2, 0.25) is 0 Å². The molecule has 0 radical (unpaired) electrons. The van der Waals surface area contributed by atoms with Crippen LogP contribution >= 0.6 is 23.6 Å². The minimum atomic E-state index is -0.359. The predicted molar refractivity (Wildman–Crippen MR) is 118 cm³/mol. The normalized spacial score (nSPS) is 12.4. The van der Waals surface area contributed by atoms with Gasteiger partial charge < -0.3 is 14.8 Å². The van der Waals surface area contributed by atoms with E-state index in [1.54, 1.807) is 31.2 Å². The molecule has 2 aromatic rings. The van der Waals surface area contributed by atoms with Crippen LogP contribution in [0.2, 0.25) is 0 Å². The van der Waals surface area contributed by atoms with E-state index in [-0.39, 0.29) is 23.1 Å². The molecule has 1 aromatic heterocycles. The molecule has 29 heavy (non-hydrogen) atoms. The molecule has 0 unspecified atom stereocenters. The lowest BCUT2D eigenvalue weighted by Gasteiger charge is -2.12. The van der Waals surface area contributed by atoms with E-state index in [0.29, 0.717) is 28.5 Å². The largest absolute Gasteiger partial charge is 0.491 e. The van der Waals surface area contributed by atoms with Gasteiger partial charge in [-0.3, -0.25) is 10.1 Å². The molecule has 6 nitrogen and oxygen atoms in total. The molecule has 0 spiro atoms. The third-order valence-electron chi connectivity index (χ3n) is 4.32. The Kier molecular flexibility index (Phi) is 6.87. The van der Waals surface area contributed by atoms with Crippen LogP contribution in [0, 0.1) is 0 Å². The monoisotopic (exact) mass is 432 g/mol. The second kappa shape index (κ2) is 9.37. The van der Waals surface area contributed by atoms with E-state index in [2.05, 4.69) is 10.6 Å². The van der Waals surface area contributed by atoms with Gasteiger partial charge in [0, 0.05) is 10.4 Å². The minimum absolute atomic E-state index is 0.0122. The van der Waals surface area contributed by atoms with Gasteiger partial charge in [0.25, 0.3) is 5.91 Å².